The van der Waals surface area contributed by atoms with E-state index in [0.717, 1.165) is 10.8 Å². The van der Waals surface area contributed by atoms with Crippen LogP contribution in [-0.4, -0.2) is 19.2 Å². The Balaban J connectivity index is 2.08. The average molecular weight is 242 g/mol. The lowest BCUT2D eigenvalue weighted by molar-refractivity contribution is -0.144. The molecule has 2 aromatic carbocycles. The molecule has 0 saturated carbocycles. The van der Waals surface area contributed by atoms with E-state index in [1.54, 1.807) is 0 Å². The van der Waals surface area contributed by atoms with Crippen molar-refractivity contribution in [3.8, 4) is 5.75 Å². The molecule has 0 aliphatic heterocycles. The summed E-state index contributed by atoms with van der Waals surface area (Å²) in [5, 5.41) is 2.06. The predicted octanol–water partition coefficient (Wildman–Crippen LogP) is 2.95. The van der Waals surface area contributed by atoms with Gasteiger partial charge in [-0.15, -0.1) is 0 Å². The van der Waals surface area contributed by atoms with Crippen LogP contribution in [0.2, 0.25) is 0 Å². The number of esters is 1. The van der Waals surface area contributed by atoms with Crippen LogP contribution in [0.4, 0.5) is 0 Å². The summed E-state index contributed by atoms with van der Waals surface area (Å²) in [6, 6.07) is 13.6. The standard InChI is InChI=1S/C15H14O3/c1-2-10-17-15(16)11-18-14-9-5-7-12-6-3-4-8-13(12)14/h2-9H,1,10-11H2. The van der Waals surface area contributed by atoms with E-state index in [1.165, 1.54) is 6.08 Å². The van der Waals surface area contributed by atoms with Crippen LogP contribution < -0.4 is 4.74 Å². The van der Waals surface area contributed by atoms with Gasteiger partial charge in [0, 0.05) is 5.39 Å². The maximum Gasteiger partial charge on any atom is 0.344 e. The normalized spacial score (nSPS) is 10.0. The first-order chi connectivity index (χ1) is 8.81. The lowest BCUT2D eigenvalue weighted by Crippen LogP contribution is -2.14. The van der Waals surface area contributed by atoms with Gasteiger partial charge in [-0.25, -0.2) is 4.79 Å². The van der Waals surface area contributed by atoms with Gasteiger partial charge in [-0.2, -0.15) is 0 Å². The van der Waals surface area contributed by atoms with Gasteiger partial charge in [-0.3, -0.25) is 0 Å². The number of hydrogen-bond donors (Lipinski definition) is 0. The summed E-state index contributed by atoms with van der Waals surface area (Å²) >= 11 is 0. The van der Waals surface area contributed by atoms with Crippen LogP contribution in [0.25, 0.3) is 10.8 Å². The Kier molecular flexibility index (Phi) is 3.97. The van der Waals surface area contributed by atoms with E-state index >= 15 is 0 Å². The van der Waals surface area contributed by atoms with Crippen molar-refractivity contribution < 1.29 is 14.3 Å². The van der Waals surface area contributed by atoms with E-state index in [9.17, 15) is 4.79 Å². The fourth-order valence-corrected chi connectivity index (χ4v) is 1.65. The molecule has 0 atom stereocenters. The minimum absolute atomic E-state index is 0.0954. The molecule has 2 aromatic rings. The molecular formula is C15H14O3. The van der Waals surface area contributed by atoms with E-state index in [2.05, 4.69) is 6.58 Å². The molecule has 0 saturated heterocycles. The van der Waals surface area contributed by atoms with Crippen LogP contribution in [0.5, 0.6) is 5.75 Å². The molecule has 3 heteroatoms. The largest absolute Gasteiger partial charge is 0.481 e. The summed E-state index contributed by atoms with van der Waals surface area (Å²) in [6.07, 6.45) is 1.52. The molecule has 0 aliphatic rings. The van der Waals surface area contributed by atoms with Crippen molar-refractivity contribution in [2.75, 3.05) is 13.2 Å². The molecule has 92 valence electrons. The lowest BCUT2D eigenvalue weighted by atomic mass is 10.1. The van der Waals surface area contributed by atoms with Crippen molar-refractivity contribution in [1.29, 1.82) is 0 Å². The Labute approximate surface area is 106 Å². The maximum absolute atomic E-state index is 11.3. The second-order valence-corrected chi connectivity index (χ2v) is 3.74. The Bertz CT molecular complexity index is 555. The van der Waals surface area contributed by atoms with Gasteiger partial charge in [-0.05, 0) is 11.5 Å². The Morgan fingerprint density at radius 3 is 2.78 bits per heavy atom. The van der Waals surface area contributed by atoms with Crippen molar-refractivity contribution in [1.82, 2.24) is 0 Å². The molecule has 0 amide bonds. The summed E-state index contributed by atoms with van der Waals surface area (Å²) in [7, 11) is 0. The number of benzene rings is 2. The van der Waals surface area contributed by atoms with Gasteiger partial charge in [0.05, 0.1) is 0 Å². The highest BCUT2D eigenvalue weighted by Gasteiger charge is 2.05. The first-order valence-electron chi connectivity index (χ1n) is 5.68. The molecular weight excluding hydrogens is 228 g/mol. The van der Waals surface area contributed by atoms with Crippen LogP contribution in [-0.2, 0) is 9.53 Å². The molecule has 0 heterocycles. The Hall–Kier alpha value is -2.29. The van der Waals surface area contributed by atoms with Crippen molar-refractivity contribution in [3.63, 3.8) is 0 Å². The number of ether oxygens (including phenoxy) is 2. The smallest absolute Gasteiger partial charge is 0.344 e. The molecule has 0 spiro atoms. The molecule has 0 aliphatic carbocycles. The van der Waals surface area contributed by atoms with Gasteiger partial charge < -0.3 is 9.47 Å². The number of hydrogen-bond acceptors (Lipinski definition) is 3. The minimum atomic E-state index is -0.400. The van der Waals surface area contributed by atoms with Crippen LogP contribution in [0, 0.1) is 0 Å². The maximum atomic E-state index is 11.3. The summed E-state index contributed by atoms with van der Waals surface area (Å²) in [5.74, 6) is 0.284. The van der Waals surface area contributed by atoms with E-state index in [0.29, 0.717) is 5.75 Å². The summed E-state index contributed by atoms with van der Waals surface area (Å²) in [6.45, 7) is 3.58. The molecule has 0 aromatic heterocycles. The van der Waals surface area contributed by atoms with Crippen molar-refractivity contribution >= 4 is 16.7 Å². The van der Waals surface area contributed by atoms with Crippen LogP contribution in [0.15, 0.2) is 55.1 Å². The quantitative estimate of drug-likeness (QED) is 0.597. The molecule has 0 N–H and O–H groups in total. The first-order valence-corrected chi connectivity index (χ1v) is 5.68. The fourth-order valence-electron chi connectivity index (χ4n) is 1.65. The Morgan fingerprint density at radius 1 is 1.17 bits per heavy atom. The third-order valence-electron chi connectivity index (χ3n) is 2.46. The van der Waals surface area contributed by atoms with E-state index in [4.69, 9.17) is 9.47 Å². The molecule has 0 unspecified atom stereocenters. The highest BCUT2D eigenvalue weighted by molar-refractivity contribution is 5.88. The zero-order valence-electron chi connectivity index (χ0n) is 9.96. The molecule has 3 nitrogen and oxygen atoms in total. The van der Waals surface area contributed by atoms with E-state index < -0.39 is 5.97 Å². The molecule has 2 rings (SSSR count). The highest BCUT2D eigenvalue weighted by atomic mass is 16.6. The van der Waals surface area contributed by atoms with Gasteiger partial charge in [0.1, 0.15) is 12.4 Å². The van der Waals surface area contributed by atoms with Crippen LogP contribution in [0.1, 0.15) is 0 Å². The van der Waals surface area contributed by atoms with Crippen LogP contribution in [0.3, 0.4) is 0 Å². The predicted molar refractivity (Wildman–Crippen MR) is 70.6 cm³/mol. The second kappa shape index (κ2) is 5.87. The van der Waals surface area contributed by atoms with Crippen molar-refractivity contribution in [2.45, 2.75) is 0 Å². The number of fused-ring (bicyclic) bond motifs is 1. The van der Waals surface area contributed by atoms with Gasteiger partial charge in [0.25, 0.3) is 0 Å². The monoisotopic (exact) mass is 242 g/mol. The number of carbonyl (C=O) groups excluding carboxylic acids is 1. The number of carbonyl (C=O) groups is 1. The first kappa shape index (κ1) is 12.2. The SMILES string of the molecule is C=CCOC(=O)COc1cccc2ccccc12. The topological polar surface area (TPSA) is 35.5 Å². The van der Waals surface area contributed by atoms with Crippen molar-refractivity contribution in [3.05, 3.63) is 55.1 Å². The van der Waals surface area contributed by atoms with Gasteiger partial charge in [0.2, 0.25) is 0 Å². The van der Waals surface area contributed by atoms with Crippen LogP contribution >= 0.6 is 0 Å². The molecule has 0 bridgehead atoms. The fraction of sp³-hybridized carbons (Fsp3) is 0.133. The number of rotatable bonds is 5. The summed E-state index contributed by atoms with van der Waals surface area (Å²) in [4.78, 5) is 11.3. The minimum Gasteiger partial charge on any atom is -0.481 e. The lowest BCUT2D eigenvalue weighted by Gasteiger charge is -2.08. The summed E-state index contributed by atoms with van der Waals surface area (Å²) in [5.41, 5.74) is 0. The zero-order valence-corrected chi connectivity index (χ0v) is 9.96. The van der Waals surface area contributed by atoms with Crippen molar-refractivity contribution in [2.24, 2.45) is 0 Å². The van der Waals surface area contributed by atoms with Gasteiger partial charge >= 0.3 is 5.97 Å². The molecule has 18 heavy (non-hydrogen) atoms. The molecule has 0 fully saturated rings. The summed E-state index contributed by atoms with van der Waals surface area (Å²) < 4.78 is 10.3. The highest BCUT2D eigenvalue weighted by Crippen LogP contribution is 2.24. The third-order valence-corrected chi connectivity index (χ3v) is 2.46. The van der Waals surface area contributed by atoms with Gasteiger partial charge in [-0.1, -0.05) is 49.1 Å². The molecule has 0 radical (unpaired) electrons. The zero-order chi connectivity index (χ0) is 12.8. The Morgan fingerprint density at radius 2 is 1.94 bits per heavy atom. The van der Waals surface area contributed by atoms with Gasteiger partial charge in [0.15, 0.2) is 6.61 Å². The van der Waals surface area contributed by atoms with E-state index in [-0.39, 0.29) is 13.2 Å². The third kappa shape index (κ3) is 2.88. The average Bonchev–Trinajstić information content (AvgIpc) is 2.42. The second-order valence-electron chi connectivity index (χ2n) is 3.74. The van der Waals surface area contributed by atoms with E-state index in [1.807, 2.05) is 42.5 Å².